The van der Waals surface area contributed by atoms with Crippen molar-refractivity contribution in [1.82, 2.24) is 20.4 Å². The van der Waals surface area contributed by atoms with Gasteiger partial charge in [0.1, 0.15) is 0 Å². The topological polar surface area (TPSA) is 87.3 Å². The summed E-state index contributed by atoms with van der Waals surface area (Å²) in [6.07, 6.45) is 0.612. The Bertz CT molecular complexity index is 945. The van der Waals surface area contributed by atoms with Crippen LogP contribution < -0.4 is 5.32 Å². The number of H-pyrrole nitrogens is 1. The molecular formula is C22H28N4O3. The van der Waals surface area contributed by atoms with Crippen LogP contribution in [0, 0.1) is 0 Å². The largest absolute Gasteiger partial charge is 0.461 e. The number of carbonyl (C=O) groups is 2. The molecule has 1 aromatic heterocycles. The van der Waals surface area contributed by atoms with Gasteiger partial charge in [-0.15, -0.1) is 0 Å². The summed E-state index contributed by atoms with van der Waals surface area (Å²) >= 11 is 0. The number of fused-ring (bicyclic) bond motifs is 1. The fourth-order valence-electron chi connectivity index (χ4n) is 3.43. The number of carbonyl (C=O) groups excluding carboxylic acids is 2. The van der Waals surface area contributed by atoms with Gasteiger partial charge < -0.3 is 15.0 Å². The zero-order valence-electron chi connectivity index (χ0n) is 17.5. The number of allylic oxidation sites excluding steroid dienone is 1. The number of hydrogen-bond donors (Lipinski definition) is 2. The molecule has 154 valence electrons. The molecule has 0 spiro atoms. The van der Waals surface area contributed by atoms with Gasteiger partial charge in [0, 0.05) is 24.2 Å². The van der Waals surface area contributed by atoms with Crippen molar-refractivity contribution in [3.63, 3.8) is 0 Å². The maximum absolute atomic E-state index is 13.0. The molecule has 2 aromatic rings. The molecule has 1 aliphatic rings. The molecule has 0 saturated heterocycles. The minimum Gasteiger partial charge on any atom is -0.461 e. The fourth-order valence-corrected chi connectivity index (χ4v) is 3.43. The molecule has 7 heteroatoms. The number of aromatic nitrogens is 2. The first kappa shape index (κ1) is 20.6. The molecule has 29 heavy (non-hydrogen) atoms. The van der Waals surface area contributed by atoms with Crippen LogP contribution in [0.1, 0.15) is 60.6 Å². The minimum absolute atomic E-state index is 0.183. The van der Waals surface area contributed by atoms with Crippen molar-refractivity contribution in [1.29, 1.82) is 0 Å². The van der Waals surface area contributed by atoms with Crippen molar-refractivity contribution in [2.24, 2.45) is 0 Å². The molecular weight excluding hydrogens is 368 g/mol. The standard InChI is InChI=1S/C22H28N4O3/c1-6-29-20(27)19-17-13-26(11-10-18(17)24-25-19)21(28)23-22(4,5)16-9-7-8-15(12-16)14(2)3/h7-9,12H,2,6,10-11,13H2,1,3-5H3,(H,23,28)(H,24,25). The second-order valence-electron chi connectivity index (χ2n) is 7.84. The molecule has 1 aliphatic heterocycles. The number of esters is 1. The summed E-state index contributed by atoms with van der Waals surface area (Å²) in [5.74, 6) is -0.468. The smallest absolute Gasteiger partial charge is 0.359 e. The quantitative estimate of drug-likeness (QED) is 0.756. The van der Waals surface area contributed by atoms with Crippen LogP contribution in [0.25, 0.3) is 5.57 Å². The molecule has 0 saturated carbocycles. The van der Waals surface area contributed by atoms with Gasteiger partial charge in [-0.3, -0.25) is 5.10 Å². The van der Waals surface area contributed by atoms with E-state index in [1.807, 2.05) is 45.0 Å². The Morgan fingerprint density at radius 3 is 2.83 bits per heavy atom. The maximum atomic E-state index is 13.0. The van der Waals surface area contributed by atoms with Gasteiger partial charge in [0.2, 0.25) is 0 Å². The predicted octanol–water partition coefficient (Wildman–Crippen LogP) is 3.62. The van der Waals surface area contributed by atoms with E-state index in [9.17, 15) is 9.59 Å². The lowest BCUT2D eigenvalue weighted by molar-refractivity contribution is 0.0516. The lowest BCUT2D eigenvalue weighted by atomic mass is 9.91. The Hall–Kier alpha value is -3.09. The van der Waals surface area contributed by atoms with Crippen molar-refractivity contribution < 1.29 is 14.3 Å². The molecule has 0 fully saturated rings. The number of benzene rings is 1. The summed E-state index contributed by atoms with van der Waals surface area (Å²) in [4.78, 5) is 26.8. The van der Waals surface area contributed by atoms with Gasteiger partial charge >= 0.3 is 12.0 Å². The molecule has 0 atom stereocenters. The first-order valence-electron chi connectivity index (χ1n) is 9.79. The summed E-state index contributed by atoms with van der Waals surface area (Å²) in [6.45, 7) is 12.8. The Morgan fingerprint density at radius 1 is 1.38 bits per heavy atom. The maximum Gasteiger partial charge on any atom is 0.359 e. The molecule has 0 radical (unpaired) electrons. The summed E-state index contributed by atoms with van der Waals surface area (Å²) in [6, 6.07) is 7.84. The van der Waals surface area contributed by atoms with E-state index in [2.05, 4.69) is 22.1 Å². The molecule has 0 unspecified atom stereocenters. The zero-order valence-corrected chi connectivity index (χ0v) is 17.5. The molecule has 2 heterocycles. The monoisotopic (exact) mass is 396 g/mol. The second-order valence-corrected chi connectivity index (χ2v) is 7.84. The van der Waals surface area contributed by atoms with Crippen molar-refractivity contribution in [2.75, 3.05) is 13.2 Å². The summed E-state index contributed by atoms with van der Waals surface area (Å²) in [5.41, 5.74) is 4.32. The van der Waals surface area contributed by atoms with E-state index in [1.165, 1.54) is 0 Å². The van der Waals surface area contributed by atoms with E-state index >= 15 is 0 Å². The fraction of sp³-hybridized carbons (Fsp3) is 0.409. The molecule has 0 aliphatic carbocycles. The summed E-state index contributed by atoms with van der Waals surface area (Å²) in [7, 11) is 0. The van der Waals surface area contributed by atoms with Crippen molar-refractivity contribution in [3.8, 4) is 0 Å². The lowest BCUT2D eigenvalue weighted by Gasteiger charge is -2.33. The molecule has 0 bridgehead atoms. The minimum atomic E-state index is -0.566. The Balaban J connectivity index is 1.75. The first-order valence-corrected chi connectivity index (χ1v) is 9.79. The molecule has 3 rings (SSSR count). The van der Waals surface area contributed by atoms with Crippen molar-refractivity contribution in [2.45, 2.75) is 46.2 Å². The van der Waals surface area contributed by atoms with Crippen LogP contribution in [-0.4, -0.2) is 40.2 Å². The SMILES string of the molecule is C=C(C)c1cccc(C(C)(C)NC(=O)N2CCc3[nH]nc(C(=O)OCC)c3C2)c1. The van der Waals surface area contributed by atoms with Gasteiger partial charge in [-0.2, -0.15) is 5.10 Å². The van der Waals surface area contributed by atoms with Crippen LogP contribution in [0.5, 0.6) is 0 Å². The van der Waals surface area contributed by atoms with E-state index in [4.69, 9.17) is 4.74 Å². The number of urea groups is 1. The van der Waals surface area contributed by atoms with Gasteiger partial charge in [-0.05, 0) is 44.9 Å². The van der Waals surface area contributed by atoms with Crippen LogP contribution in [0.2, 0.25) is 0 Å². The van der Waals surface area contributed by atoms with Crippen LogP contribution >= 0.6 is 0 Å². The third kappa shape index (κ3) is 4.34. The number of nitrogens with zero attached hydrogens (tertiary/aromatic N) is 2. The zero-order chi connectivity index (χ0) is 21.2. The second kappa shape index (κ2) is 8.11. The highest BCUT2D eigenvalue weighted by molar-refractivity contribution is 5.89. The number of amides is 2. The highest BCUT2D eigenvalue weighted by Crippen LogP contribution is 2.25. The van der Waals surface area contributed by atoms with E-state index < -0.39 is 11.5 Å². The Kier molecular flexibility index (Phi) is 5.77. The number of rotatable bonds is 5. The van der Waals surface area contributed by atoms with Gasteiger partial charge in [0.25, 0.3) is 0 Å². The number of hydrogen-bond acceptors (Lipinski definition) is 4. The number of nitrogens with one attached hydrogen (secondary N) is 2. The average molecular weight is 396 g/mol. The Labute approximate surface area is 171 Å². The van der Waals surface area contributed by atoms with Crippen molar-refractivity contribution in [3.05, 3.63) is 58.9 Å². The molecule has 2 amide bonds. The third-order valence-electron chi connectivity index (χ3n) is 5.19. The van der Waals surface area contributed by atoms with Crippen LogP contribution in [0.15, 0.2) is 30.8 Å². The first-order chi connectivity index (χ1) is 13.7. The van der Waals surface area contributed by atoms with Crippen LogP contribution in [0.3, 0.4) is 0 Å². The molecule has 7 nitrogen and oxygen atoms in total. The van der Waals surface area contributed by atoms with Gasteiger partial charge in [-0.25, -0.2) is 9.59 Å². The lowest BCUT2D eigenvalue weighted by Crippen LogP contribution is -2.49. The average Bonchev–Trinajstić information content (AvgIpc) is 3.11. The van der Waals surface area contributed by atoms with E-state index in [-0.39, 0.29) is 18.3 Å². The summed E-state index contributed by atoms with van der Waals surface area (Å²) < 4.78 is 5.07. The normalized spacial score (nSPS) is 13.6. The Morgan fingerprint density at radius 2 is 2.14 bits per heavy atom. The van der Waals surface area contributed by atoms with Gasteiger partial charge in [0.15, 0.2) is 5.69 Å². The third-order valence-corrected chi connectivity index (χ3v) is 5.19. The van der Waals surface area contributed by atoms with Crippen LogP contribution in [-0.2, 0) is 23.2 Å². The summed E-state index contributed by atoms with van der Waals surface area (Å²) in [5, 5.41) is 10.1. The predicted molar refractivity (Wildman–Crippen MR) is 111 cm³/mol. The van der Waals surface area contributed by atoms with Gasteiger partial charge in [-0.1, -0.05) is 30.4 Å². The molecule has 2 N–H and O–H groups in total. The van der Waals surface area contributed by atoms with Crippen LogP contribution in [0.4, 0.5) is 4.79 Å². The highest BCUT2D eigenvalue weighted by atomic mass is 16.5. The highest BCUT2D eigenvalue weighted by Gasteiger charge is 2.31. The van der Waals surface area contributed by atoms with E-state index in [0.717, 1.165) is 28.0 Å². The van der Waals surface area contributed by atoms with E-state index in [0.29, 0.717) is 19.5 Å². The van der Waals surface area contributed by atoms with Crippen molar-refractivity contribution >= 4 is 17.6 Å². The van der Waals surface area contributed by atoms with Gasteiger partial charge in [0.05, 0.1) is 18.7 Å². The number of aromatic amines is 1. The van der Waals surface area contributed by atoms with E-state index in [1.54, 1.807) is 11.8 Å². The molecule has 1 aromatic carbocycles. The number of ether oxygens (including phenoxy) is 1.